The molecule has 2 atom stereocenters. The van der Waals surface area contributed by atoms with E-state index in [1.165, 1.54) is 21.4 Å². The van der Waals surface area contributed by atoms with Crippen molar-refractivity contribution in [3.63, 3.8) is 0 Å². The highest BCUT2D eigenvalue weighted by molar-refractivity contribution is 9.10. The van der Waals surface area contributed by atoms with E-state index < -0.39 is 18.1 Å². The summed E-state index contributed by atoms with van der Waals surface area (Å²) in [6.07, 6.45) is 1.76. The number of halogens is 2. The summed E-state index contributed by atoms with van der Waals surface area (Å²) in [5.41, 5.74) is 3.27. The molecule has 0 unspecified atom stereocenters. The van der Waals surface area contributed by atoms with E-state index >= 15 is 0 Å². The third-order valence-corrected chi connectivity index (χ3v) is 8.08. The van der Waals surface area contributed by atoms with Gasteiger partial charge in [-0.05, 0) is 52.2 Å². The van der Waals surface area contributed by atoms with Crippen LogP contribution in [0.4, 0.5) is 4.39 Å². The minimum Gasteiger partial charge on any atom is -0.349 e. The normalized spacial score (nSPS) is 16.4. The largest absolute Gasteiger partial charge is 0.349 e. The van der Waals surface area contributed by atoms with E-state index in [9.17, 15) is 23.6 Å². The zero-order valence-electron chi connectivity index (χ0n) is 24.8. The zero-order chi connectivity index (χ0) is 31.7. The third-order valence-electron chi connectivity index (χ3n) is 7.64. The second-order valence-corrected chi connectivity index (χ2v) is 11.9. The lowest BCUT2D eigenvalue weighted by atomic mass is 10.00. The lowest BCUT2D eigenvalue weighted by Gasteiger charge is -2.24. The van der Waals surface area contributed by atoms with Crippen molar-refractivity contribution in [1.82, 2.24) is 34.5 Å². The predicted octanol–water partition coefficient (Wildman–Crippen LogP) is 3.54. The van der Waals surface area contributed by atoms with Gasteiger partial charge in [-0.25, -0.2) is 19.3 Å². The van der Waals surface area contributed by atoms with Crippen molar-refractivity contribution in [2.75, 3.05) is 20.6 Å². The Kier molecular flexibility index (Phi) is 8.95. The molecule has 0 N–H and O–H groups in total. The Morgan fingerprint density at radius 3 is 2.45 bits per heavy atom. The number of nitrogens with zero attached hydrogens (tertiary/aromatic N) is 7. The molecule has 0 spiro atoms. The number of fused-ring (bicyclic) bond motifs is 1. The van der Waals surface area contributed by atoms with Gasteiger partial charge in [0, 0.05) is 50.8 Å². The molecule has 4 heterocycles. The first kappa shape index (κ1) is 31.0. The fraction of sp³-hybridized carbons (Fsp3) is 0.355. The van der Waals surface area contributed by atoms with Crippen molar-refractivity contribution >= 4 is 50.2 Å². The van der Waals surface area contributed by atoms with Gasteiger partial charge < -0.3 is 9.80 Å². The number of aromatic nitrogens is 5. The summed E-state index contributed by atoms with van der Waals surface area (Å²) in [6.45, 7) is 2.66. The average Bonchev–Trinajstić information content (AvgIpc) is 3.55. The maximum atomic E-state index is 14.7. The fourth-order valence-corrected chi connectivity index (χ4v) is 5.63. The van der Waals surface area contributed by atoms with Gasteiger partial charge in [-0.1, -0.05) is 12.1 Å². The first-order chi connectivity index (χ1) is 20.9. The SMILES string of the molecule is CC(=O)c1nn(CC(=O)N2C[C@H](F)C[C@H]2C(=O)Cc2nc(Br)ccc2CC(=O)N(C)C)c2ccc(-c3cnc(C)nc3)cc12. The smallest absolute Gasteiger partial charge is 0.245 e. The summed E-state index contributed by atoms with van der Waals surface area (Å²) in [5.74, 6) is -0.666. The molecule has 0 radical (unpaired) electrons. The van der Waals surface area contributed by atoms with Crippen LogP contribution in [0.25, 0.3) is 22.0 Å². The molecular formula is C31H31BrFN7O4. The minimum absolute atomic E-state index is 0.0540. The van der Waals surface area contributed by atoms with Crippen LogP contribution >= 0.6 is 15.9 Å². The van der Waals surface area contributed by atoms with Crippen LogP contribution in [0, 0.1) is 6.92 Å². The van der Waals surface area contributed by atoms with Crippen LogP contribution in [0.3, 0.4) is 0 Å². The number of carbonyl (C=O) groups excluding carboxylic acids is 4. The number of benzene rings is 1. The molecule has 5 rings (SSSR count). The number of carbonyl (C=O) groups is 4. The Bertz CT molecular complexity index is 1770. The van der Waals surface area contributed by atoms with Crippen LogP contribution in [0.15, 0.2) is 47.3 Å². The van der Waals surface area contributed by atoms with Crippen molar-refractivity contribution in [2.24, 2.45) is 0 Å². The van der Waals surface area contributed by atoms with Crippen molar-refractivity contribution in [2.45, 2.75) is 51.9 Å². The van der Waals surface area contributed by atoms with E-state index in [-0.39, 0.29) is 55.5 Å². The zero-order valence-corrected chi connectivity index (χ0v) is 26.3. The summed E-state index contributed by atoms with van der Waals surface area (Å²) >= 11 is 3.32. The molecule has 228 valence electrons. The van der Waals surface area contributed by atoms with Crippen molar-refractivity contribution in [3.05, 3.63) is 70.1 Å². The molecule has 44 heavy (non-hydrogen) atoms. The monoisotopic (exact) mass is 663 g/mol. The van der Waals surface area contributed by atoms with Gasteiger partial charge in [0.25, 0.3) is 0 Å². The van der Waals surface area contributed by atoms with Crippen molar-refractivity contribution < 1.29 is 23.6 Å². The number of likely N-dealkylation sites (tertiary alicyclic amines) is 1. The summed E-state index contributed by atoms with van der Waals surface area (Å²) in [5, 5.41) is 4.98. The van der Waals surface area contributed by atoms with Crippen LogP contribution < -0.4 is 0 Å². The van der Waals surface area contributed by atoms with Gasteiger partial charge in [0.05, 0.1) is 36.6 Å². The second-order valence-electron chi connectivity index (χ2n) is 11.1. The first-order valence-corrected chi connectivity index (χ1v) is 14.8. The van der Waals surface area contributed by atoms with E-state index in [0.29, 0.717) is 32.6 Å². The quantitative estimate of drug-likeness (QED) is 0.196. The number of ketones is 2. The number of Topliss-reactive ketones (excluding diaryl/α,β-unsaturated/α-hetero) is 2. The van der Waals surface area contributed by atoms with E-state index in [4.69, 9.17) is 0 Å². The number of alkyl halides is 1. The number of amides is 2. The molecule has 13 heteroatoms. The molecule has 1 aliphatic rings. The topological polar surface area (TPSA) is 131 Å². The molecule has 3 aromatic heterocycles. The lowest BCUT2D eigenvalue weighted by Crippen LogP contribution is -2.43. The summed E-state index contributed by atoms with van der Waals surface area (Å²) < 4.78 is 16.6. The number of likely N-dealkylation sites (N-methyl/N-ethyl adjacent to an activating group) is 1. The maximum absolute atomic E-state index is 14.7. The number of aryl methyl sites for hydroxylation is 1. The van der Waals surface area contributed by atoms with Crippen molar-refractivity contribution in [3.8, 4) is 11.1 Å². The minimum atomic E-state index is -1.38. The second kappa shape index (κ2) is 12.7. The molecule has 1 fully saturated rings. The highest BCUT2D eigenvalue weighted by Crippen LogP contribution is 2.28. The summed E-state index contributed by atoms with van der Waals surface area (Å²) in [7, 11) is 3.28. The van der Waals surface area contributed by atoms with Crippen LogP contribution in [-0.4, -0.2) is 90.8 Å². The molecule has 1 aliphatic heterocycles. The standard InChI is InChI=1S/C31H31BrFN7O4/c1-17(41)31-23-9-19(21-13-34-18(2)35-14-21)5-7-25(23)40(37-31)16-30(44)39-15-22(33)11-26(39)27(42)12-24-20(6-8-28(32)36-24)10-29(43)38(3)4/h5-9,13-14,22,26H,10-12,15-16H2,1-4H3/t22-,26+/m1/s1. The number of pyridine rings is 1. The molecule has 4 aromatic rings. The molecular weight excluding hydrogens is 633 g/mol. The molecule has 11 nitrogen and oxygen atoms in total. The maximum Gasteiger partial charge on any atom is 0.245 e. The van der Waals surface area contributed by atoms with E-state index in [2.05, 4.69) is 36.0 Å². The average molecular weight is 665 g/mol. The lowest BCUT2D eigenvalue weighted by molar-refractivity contribution is -0.138. The van der Waals surface area contributed by atoms with E-state index in [0.717, 1.165) is 11.1 Å². The molecule has 2 amide bonds. The number of hydrogen-bond donors (Lipinski definition) is 0. The van der Waals surface area contributed by atoms with Gasteiger partial charge in [0.15, 0.2) is 11.6 Å². The summed E-state index contributed by atoms with van der Waals surface area (Å²) in [6, 6.07) is 7.80. The van der Waals surface area contributed by atoms with Crippen LogP contribution in [0.1, 0.15) is 40.9 Å². The number of hydrogen-bond acceptors (Lipinski definition) is 8. The summed E-state index contributed by atoms with van der Waals surface area (Å²) in [4.78, 5) is 67.5. The van der Waals surface area contributed by atoms with Crippen LogP contribution in [0.2, 0.25) is 0 Å². The Balaban J connectivity index is 1.39. The highest BCUT2D eigenvalue weighted by Gasteiger charge is 2.40. The highest BCUT2D eigenvalue weighted by atomic mass is 79.9. The van der Waals surface area contributed by atoms with Gasteiger partial charge in [-0.2, -0.15) is 5.10 Å². The van der Waals surface area contributed by atoms with Gasteiger partial charge in [0.1, 0.15) is 28.8 Å². The third kappa shape index (κ3) is 6.57. The van der Waals surface area contributed by atoms with E-state index in [1.54, 1.807) is 57.7 Å². The van der Waals surface area contributed by atoms with Gasteiger partial charge in [-0.15, -0.1) is 0 Å². The van der Waals surface area contributed by atoms with Gasteiger partial charge in [0.2, 0.25) is 11.8 Å². The molecule has 0 aliphatic carbocycles. The number of rotatable bonds is 9. The Morgan fingerprint density at radius 2 is 1.77 bits per heavy atom. The molecule has 1 aromatic carbocycles. The molecule has 0 bridgehead atoms. The Morgan fingerprint density at radius 1 is 1.05 bits per heavy atom. The van der Waals surface area contributed by atoms with Crippen LogP contribution in [0.5, 0.6) is 0 Å². The first-order valence-electron chi connectivity index (χ1n) is 14.0. The van der Waals surface area contributed by atoms with E-state index in [1.807, 2.05) is 6.07 Å². The molecule has 0 saturated carbocycles. The van der Waals surface area contributed by atoms with Gasteiger partial charge >= 0.3 is 0 Å². The Hall–Kier alpha value is -4.39. The fourth-order valence-electron chi connectivity index (χ4n) is 5.29. The van der Waals surface area contributed by atoms with Crippen LogP contribution in [-0.2, 0) is 33.8 Å². The van der Waals surface area contributed by atoms with Gasteiger partial charge in [-0.3, -0.25) is 23.9 Å². The Labute approximate surface area is 261 Å². The van der Waals surface area contributed by atoms with Crippen molar-refractivity contribution in [1.29, 1.82) is 0 Å². The predicted molar refractivity (Wildman–Crippen MR) is 164 cm³/mol. The molecule has 1 saturated heterocycles.